The maximum absolute atomic E-state index is 6.79. The molecule has 13 aromatic rings. The summed E-state index contributed by atoms with van der Waals surface area (Å²) in [5, 5.41) is 16.6. The highest BCUT2D eigenvalue weighted by Gasteiger charge is 2.28. The van der Waals surface area contributed by atoms with Gasteiger partial charge in [0.1, 0.15) is 11.2 Å². The number of furan rings is 1. The van der Waals surface area contributed by atoms with E-state index in [0.717, 1.165) is 74.8 Å². The fourth-order valence-corrected chi connectivity index (χ4v) is 11.2. The largest absolute Gasteiger partial charge is 0.456 e. The van der Waals surface area contributed by atoms with Gasteiger partial charge in [-0.2, -0.15) is 0 Å². The Morgan fingerprint density at radius 3 is 1.94 bits per heavy atom. The number of benzene rings is 11. The maximum atomic E-state index is 6.79. The Balaban J connectivity index is 1.16. The Kier molecular flexibility index (Phi) is 8.20. The average Bonchev–Trinajstić information content (AvgIpc) is 3.91. The Morgan fingerprint density at radius 1 is 0.455 bits per heavy atom. The molecule has 0 N–H and O–H groups in total. The fourth-order valence-electron chi connectivity index (χ4n) is 11.2. The second-order valence-electron chi connectivity index (χ2n) is 17.8. The lowest BCUT2D eigenvalue weighted by atomic mass is 9.90. The van der Waals surface area contributed by atoms with Crippen molar-refractivity contribution in [2.24, 2.45) is 9.98 Å². The van der Waals surface area contributed by atoms with Crippen LogP contribution in [0.5, 0.6) is 0 Å². The summed E-state index contributed by atoms with van der Waals surface area (Å²) in [5.41, 5.74) is 9.35. The molecule has 4 heteroatoms. The normalized spacial score (nSPS) is 14.8. The van der Waals surface area contributed by atoms with Crippen molar-refractivity contribution in [2.45, 2.75) is 25.3 Å². The minimum Gasteiger partial charge on any atom is -0.456 e. The van der Waals surface area contributed by atoms with Gasteiger partial charge in [0.2, 0.25) is 0 Å². The van der Waals surface area contributed by atoms with E-state index in [1.165, 1.54) is 70.2 Å². The second kappa shape index (κ2) is 14.6. The molecule has 3 heterocycles. The van der Waals surface area contributed by atoms with Crippen molar-refractivity contribution in [2.75, 3.05) is 0 Å². The van der Waals surface area contributed by atoms with E-state index in [4.69, 9.17) is 14.4 Å². The number of fused-ring (bicyclic) bond motifs is 13. The minimum absolute atomic E-state index is 0.144. The Hall–Kier alpha value is -8.34. The zero-order valence-electron chi connectivity index (χ0n) is 36.1. The van der Waals surface area contributed by atoms with Crippen molar-refractivity contribution in [3.8, 4) is 5.69 Å². The van der Waals surface area contributed by atoms with Crippen LogP contribution in [-0.2, 0) is 0 Å². The van der Waals surface area contributed by atoms with E-state index < -0.39 is 0 Å². The first-order valence-corrected chi connectivity index (χ1v) is 23.1. The van der Waals surface area contributed by atoms with Gasteiger partial charge in [-0.25, -0.2) is 4.99 Å². The first kappa shape index (κ1) is 37.1. The van der Waals surface area contributed by atoms with Crippen molar-refractivity contribution in [3.63, 3.8) is 0 Å². The first-order valence-electron chi connectivity index (χ1n) is 23.1. The highest BCUT2D eigenvalue weighted by atomic mass is 16.3. The van der Waals surface area contributed by atoms with Crippen LogP contribution in [0.3, 0.4) is 0 Å². The third-order valence-electron chi connectivity index (χ3n) is 14.2. The summed E-state index contributed by atoms with van der Waals surface area (Å²) in [5.74, 6) is 0.711. The zero-order chi connectivity index (χ0) is 43.3. The highest BCUT2D eigenvalue weighted by molar-refractivity contribution is 6.28. The second-order valence-corrected chi connectivity index (χ2v) is 17.8. The summed E-state index contributed by atoms with van der Waals surface area (Å²) in [6.45, 7) is 0. The molecule has 14 rings (SSSR count). The quantitative estimate of drug-likeness (QED) is 0.163. The summed E-state index contributed by atoms with van der Waals surface area (Å²) >= 11 is 0. The Morgan fingerprint density at radius 2 is 1.11 bits per heavy atom. The number of aromatic nitrogens is 1. The molecule has 0 spiro atoms. The van der Waals surface area contributed by atoms with Crippen molar-refractivity contribution in [1.29, 1.82) is 0 Å². The van der Waals surface area contributed by atoms with E-state index in [9.17, 15) is 0 Å². The molecule has 1 aliphatic rings. The third-order valence-corrected chi connectivity index (χ3v) is 14.2. The molecule has 1 unspecified atom stereocenters. The molecular weight excluding hydrogens is 803 g/mol. The molecule has 4 nitrogen and oxygen atoms in total. The van der Waals surface area contributed by atoms with Crippen LogP contribution < -0.4 is 0 Å². The maximum Gasteiger partial charge on any atom is 0.158 e. The molecule has 0 amide bonds. The van der Waals surface area contributed by atoms with Crippen LogP contribution in [0.4, 0.5) is 0 Å². The van der Waals surface area contributed by atoms with Crippen LogP contribution in [0.1, 0.15) is 42.0 Å². The first-order chi connectivity index (χ1) is 32.7. The van der Waals surface area contributed by atoms with Crippen molar-refractivity contribution in [1.82, 2.24) is 4.57 Å². The number of amidine groups is 1. The van der Waals surface area contributed by atoms with Gasteiger partial charge in [-0.1, -0.05) is 170 Å². The summed E-state index contributed by atoms with van der Waals surface area (Å²) in [7, 11) is 0. The lowest BCUT2D eigenvalue weighted by molar-refractivity contribution is 0.626. The lowest BCUT2D eigenvalue weighted by Gasteiger charge is -2.23. The molecule has 0 bridgehead atoms. The van der Waals surface area contributed by atoms with Gasteiger partial charge in [0.25, 0.3) is 0 Å². The van der Waals surface area contributed by atoms with Gasteiger partial charge in [0.05, 0.1) is 34.0 Å². The summed E-state index contributed by atoms with van der Waals surface area (Å²) in [6, 6.07) is 74.8. The fraction of sp³-hybridized carbons (Fsp3) is 0.0645. The smallest absolute Gasteiger partial charge is 0.158 e. The van der Waals surface area contributed by atoms with E-state index in [1.807, 2.05) is 0 Å². The molecule has 0 fully saturated rings. The topological polar surface area (TPSA) is 42.8 Å². The van der Waals surface area contributed by atoms with Gasteiger partial charge in [0.15, 0.2) is 5.84 Å². The van der Waals surface area contributed by atoms with E-state index in [1.54, 1.807) is 0 Å². The van der Waals surface area contributed by atoms with Crippen molar-refractivity contribution in [3.05, 3.63) is 223 Å². The predicted molar refractivity (Wildman–Crippen MR) is 278 cm³/mol. The third kappa shape index (κ3) is 5.64. The van der Waals surface area contributed by atoms with E-state index >= 15 is 0 Å². The standard InChI is InChI=1S/C62H41N3O/c1-2-18-41-37-56-52(35-40(41)17-1)49-32-31-39-16-4-8-23-45(39)61(49)65(56)55-33-34-58-59(50-26-11-12-30-57(50)66-58)60(55)62-63-53(48-27-13-20-38-15-3-6-21-43(38)48)28-14-29-54(64-62)51-36-42-19-5-7-22-44(42)46-24-9-10-25-47(46)51/h1-13,15-27,30-37,53H,14,28-29H2. The van der Waals surface area contributed by atoms with Crippen LogP contribution in [-0.4, -0.2) is 16.1 Å². The van der Waals surface area contributed by atoms with Gasteiger partial charge >= 0.3 is 0 Å². The van der Waals surface area contributed by atoms with Crippen molar-refractivity contribution < 1.29 is 4.42 Å². The van der Waals surface area contributed by atoms with Gasteiger partial charge in [-0.3, -0.25) is 4.99 Å². The lowest BCUT2D eigenvalue weighted by Crippen LogP contribution is -2.15. The van der Waals surface area contributed by atoms with Gasteiger partial charge in [0, 0.05) is 32.5 Å². The molecule has 1 aliphatic heterocycles. The number of aliphatic imine (C=N–C) groups is 2. The molecule has 0 saturated heterocycles. The number of hydrogen-bond donors (Lipinski definition) is 0. The van der Waals surface area contributed by atoms with Crippen LogP contribution in [0.15, 0.2) is 221 Å². The number of hydrogen-bond acceptors (Lipinski definition) is 3. The zero-order valence-corrected chi connectivity index (χ0v) is 36.1. The molecule has 1 atom stereocenters. The summed E-state index contributed by atoms with van der Waals surface area (Å²) in [6.07, 6.45) is 2.60. The van der Waals surface area contributed by atoms with Crippen LogP contribution in [0.25, 0.3) is 103 Å². The van der Waals surface area contributed by atoms with Gasteiger partial charge in [-0.15, -0.1) is 0 Å². The number of para-hydroxylation sites is 1. The van der Waals surface area contributed by atoms with E-state index in [-0.39, 0.29) is 6.04 Å². The predicted octanol–water partition coefficient (Wildman–Crippen LogP) is 16.6. The highest BCUT2D eigenvalue weighted by Crippen LogP contribution is 2.44. The molecule has 0 saturated carbocycles. The monoisotopic (exact) mass is 843 g/mol. The Bertz CT molecular complexity index is 4220. The molecular formula is C62H41N3O. The van der Waals surface area contributed by atoms with Gasteiger partial charge in [-0.05, 0) is 110 Å². The summed E-state index contributed by atoms with van der Waals surface area (Å²) in [4.78, 5) is 12.0. The van der Waals surface area contributed by atoms with Crippen molar-refractivity contribution >= 4 is 109 Å². The van der Waals surface area contributed by atoms with E-state index in [2.05, 4.69) is 211 Å². The Labute approximate surface area is 380 Å². The van der Waals surface area contributed by atoms with Gasteiger partial charge < -0.3 is 8.98 Å². The molecule has 0 aliphatic carbocycles. The average molecular weight is 844 g/mol. The number of rotatable bonds is 4. The molecule has 2 aromatic heterocycles. The summed E-state index contributed by atoms with van der Waals surface area (Å²) < 4.78 is 9.29. The molecule has 0 radical (unpaired) electrons. The molecule has 66 heavy (non-hydrogen) atoms. The SMILES string of the molecule is c1ccc2cc3c(cc2c1)c1ccc2ccccc2c1n3-c1ccc2oc3ccccc3c2c1C1=NC(c2cccc3ccccc23)CCCC(c2cc3ccccc3c3ccccc23)=N1. The van der Waals surface area contributed by atoms with Crippen LogP contribution in [0.2, 0.25) is 0 Å². The van der Waals surface area contributed by atoms with Crippen LogP contribution in [0, 0.1) is 0 Å². The molecule has 11 aromatic carbocycles. The minimum atomic E-state index is -0.144. The molecule has 310 valence electrons. The van der Waals surface area contributed by atoms with Crippen LogP contribution >= 0.6 is 0 Å². The van der Waals surface area contributed by atoms with E-state index in [0.29, 0.717) is 5.84 Å². The number of nitrogens with zero attached hydrogens (tertiary/aromatic N) is 3.